The van der Waals surface area contributed by atoms with Crippen molar-refractivity contribution in [1.82, 2.24) is 5.32 Å². The first kappa shape index (κ1) is 40.5. The van der Waals surface area contributed by atoms with E-state index in [-0.39, 0.29) is 22.5 Å². The van der Waals surface area contributed by atoms with E-state index in [0.29, 0.717) is 5.56 Å². The summed E-state index contributed by atoms with van der Waals surface area (Å²) >= 11 is 7.39. The average Bonchev–Trinajstić information content (AvgIpc) is 2.93. The van der Waals surface area contributed by atoms with Crippen LogP contribution in [0.2, 0.25) is 0 Å². The number of Topliss-reactive ketones (excluding diaryl/α,β-unsaturated/α-hetero) is 2. The number of hydrogen-bond donors (Lipinski definition) is 3. The molecular weight excluding hydrogens is 874 g/mol. The Balaban J connectivity index is 0. The van der Waals surface area contributed by atoms with Crippen molar-refractivity contribution in [3.05, 3.63) is 108 Å². The van der Waals surface area contributed by atoms with Gasteiger partial charge < -0.3 is 20.3 Å². The number of aldehydes is 1. The van der Waals surface area contributed by atoms with Crippen molar-refractivity contribution in [3.63, 3.8) is 0 Å². The first-order chi connectivity index (χ1) is 18.4. The van der Waals surface area contributed by atoms with Crippen LogP contribution in [0.4, 0.5) is 0 Å². The summed E-state index contributed by atoms with van der Waals surface area (Å²) in [5.74, 6) is -0.0591. The third kappa shape index (κ3) is 24.8. The maximum atomic E-state index is 10.7. The molecule has 3 atom stereocenters. The topological polar surface area (TPSA) is 104 Å². The minimum absolute atomic E-state index is 0.0902. The first-order valence-corrected chi connectivity index (χ1v) is 25.3. The second kappa shape index (κ2) is 26.2. The minimum atomic E-state index is -0.962. The molecule has 0 saturated heterocycles. The van der Waals surface area contributed by atoms with Gasteiger partial charge >= 0.3 is 64.9 Å². The molecule has 0 aliphatic heterocycles. The Morgan fingerprint density at radius 2 is 1.10 bits per heavy atom. The van der Waals surface area contributed by atoms with Gasteiger partial charge in [-0.2, -0.15) is 0 Å². The third-order valence-electron chi connectivity index (χ3n) is 4.51. The molecule has 0 amide bonds. The molecule has 3 N–H and O–H groups in total. The van der Waals surface area contributed by atoms with Crippen molar-refractivity contribution >= 4 is 77.8 Å². The number of hydrogen-bond acceptors (Lipinski definition) is 6. The Morgan fingerprint density at radius 1 is 0.769 bits per heavy atom. The van der Waals surface area contributed by atoms with Crippen LogP contribution in [-0.2, 0) is 14.5 Å². The number of halogens is 3. The molecule has 0 fully saturated rings. The van der Waals surface area contributed by atoms with Gasteiger partial charge in [0.15, 0.2) is 5.78 Å². The van der Waals surface area contributed by atoms with E-state index in [1.807, 2.05) is 68.6 Å². The van der Waals surface area contributed by atoms with E-state index in [0.717, 1.165) is 17.4 Å². The molecule has 3 aromatic rings. The fourth-order valence-electron chi connectivity index (χ4n) is 2.50. The number of nitrogens with one attached hydrogen (secondary N) is 1. The van der Waals surface area contributed by atoms with E-state index in [9.17, 15) is 24.6 Å². The molecular formula is C29H37I3NO5V. The van der Waals surface area contributed by atoms with Crippen LogP contribution < -0.4 is 5.32 Å². The second-order valence-corrected chi connectivity index (χ2v) is 43.4. The van der Waals surface area contributed by atoms with E-state index in [1.54, 1.807) is 36.4 Å². The van der Waals surface area contributed by atoms with Gasteiger partial charge in [-0.15, -0.1) is 0 Å². The predicted molar refractivity (Wildman–Crippen MR) is 182 cm³/mol. The van der Waals surface area contributed by atoms with E-state index in [1.165, 1.54) is 20.8 Å². The molecule has 0 unspecified atom stereocenters. The fourth-order valence-corrected chi connectivity index (χ4v) is 2.50. The van der Waals surface area contributed by atoms with Crippen LogP contribution in [0.25, 0.3) is 0 Å². The van der Waals surface area contributed by atoms with Crippen molar-refractivity contribution < 1.29 is 29.5 Å². The summed E-state index contributed by atoms with van der Waals surface area (Å²) in [5.41, 5.74) is 2.34. The maximum absolute atomic E-state index is 10.7. The van der Waals surface area contributed by atoms with Gasteiger partial charge in [-0.05, 0) is 45.9 Å². The summed E-state index contributed by atoms with van der Waals surface area (Å²) in [6, 6.07) is 27.7. The van der Waals surface area contributed by atoms with Crippen LogP contribution in [-0.4, -0.2) is 41.2 Å². The number of rotatable bonds is 6. The summed E-state index contributed by atoms with van der Waals surface area (Å²) < 4.78 is 0. The molecule has 3 rings (SSSR count). The standard InChI is InChI=1S/C10H15NO.C9H10O2.C7H6O.C3H6O.3HI.V/c1-8(11-2)10(12)9-6-4-3-5-7-9;1-7(10)9(11)8-5-3-2-4-6-8;8-6-7-4-2-1-3-5-7;1-3(2)4;;;;/h3-8,10-12H,1-2H3;2-6,9,11H,1H3;1-6H;1-2H3;3*1H;/q;;;;;;;+3/p-3/t8-,10-;9-;;;;;;/m00....../s1. The molecule has 3 aromatic carbocycles. The summed E-state index contributed by atoms with van der Waals surface area (Å²) in [6.45, 7) is 6.38. The van der Waals surface area contributed by atoms with Gasteiger partial charge in [0.05, 0.1) is 6.10 Å². The molecule has 0 heterocycles. The predicted octanol–water partition coefficient (Wildman–Crippen LogP) is 7.39. The Morgan fingerprint density at radius 3 is 1.38 bits per heavy atom. The Hall–Kier alpha value is -0.676. The van der Waals surface area contributed by atoms with E-state index in [2.05, 4.69) is 65.3 Å². The molecule has 6 nitrogen and oxygen atoms in total. The summed E-state index contributed by atoms with van der Waals surface area (Å²) in [7, 11) is 1.84. The quantitative estimate of drug-likeness (QED) is 0.176. The Labute approximate surface area is 270 Å². The zero-order valence-electron chi connectivity index (χ0n) is 22.7. The van der Waals surface area contributed by atoms with Crippen molar-refractivity contribution in [2.75, 3.05) is 7.05 Å². The van der Waals surface area contributed by atoms with Crippen LogP contribution in [0.1, 0.15) is 61.4 Å². The molecule has 0 aliphatic carbocycles. The molecule has 0 radical (unpaired) electrons. The molecule has 0 saturated carbocycles. The van der Waals surface area contributed by atoms with Crippen molar-refractivity contribution in [2.45, 2.75) is 45.9 Å². The molecule has 0 bridgehead atoms. The van der Waals surface area contributed by atoms with E-state index >= 15 is 0 Å². The molecule has 0 aromatic heterocycles. The molecule has 39 heavy (non-hydrogen) atoms. The van der Waals surface area contributed by atoms with E-state index < -0.39 is 12.2 Å². The number of likely N-dealkylation sites (N-methyl/N-ethyl adjacent to an activating group) is 1. The van der Waals surface area contributed by atoms with Gasteiger partial charge in [-0.25, -0.2) is 0 Å². The van der Waals surface area contributed by atoms with Crippen LogP contribution >= 0.6 is 59.9 Å². The number of ketones is 2. The van der Waals surface area contributed by atoms with Crippen LogP contribution in [0.15, 0.2) is 91.0 Å². The monoisotopic (exact) mass is 911 g/mol. The number of aliphatic hydroxyl groups excluding tert-OH is 2. The second-order valence-electron chi connectivity index (χ2n) is 7.99. The van der Waals surface area contributed by atoms with Gasteiger partial charge in [0.1, 0.15) is 18.2 Å². The zero-order valence-corrected chi connectivity index (χ0v) is 30.5. The first-order valence-electron chi connectivity index (χ1n) is 11.8. The Kier molecular flexibility index (Phi) is 27.2. The number of carbonyl (C=O) groups excluding carboxylic acids is 3. The van der Waals surface area contributed by atoms with Gasteiger partial charge in [0, 0.05) is 11.6 Å². The summed E-state index contributed by atoms with van der Waals surface area (Å²) in [4.78, 5) is 29.9. The van der Waals surface area contributed by atoms with Gasteiger partial charge in [0.2, 0.25) is 0 Å². The molecule has 0 aliphatic rings. The number of benzene rings is 3. The zero-order chi connectivity index (χ0) is 30.2. The molecule has 214 valence electrons. The third-order valence-corrected chi connectivity index (χ3v) is 4.51. The Bertz CT molecular complexity index is 1020. The number of carbonyl (C=O) groups is 3. The fraction of sp³-hybridized carbons (Fsp3) is 0.276. The van der Waals surface area contributed by atoms with Gasteiger partial charge in [-0.1, -0.05) is 91.0 Å². The van der Waals surface area contributed by atoms with Crippen LogP contribution in [0, 0.1) is 0 Å². The van der Waals surface area contributed by atoms with Crippen LogP contribution in [0.5, 0.6) is 0 Å². The average molecular weight is 911 g/mol. The van der Waals surface area contributed by atoms with Gasteiger partial charge in [0.25, 0.3) is 0 Å². The SMILES string of the molecule is CC(=O)[C@H](O)c1ccccc1.CC(C)=O.CN[C@@H](C)[C@H](O)c1ccccc1.O=Cc1ccccc1.[I][V]([I])[I]. The normalized spacial score (nSPS) is 11.7. The summed E-state index contributed by atoms with van der Waals surface area (Å²) in [6.07, 6.45) is -0.549. The van der Waals surface area contributed by atoms with Crippen molar-refractivity contribution in [3.8, 4) is 0 Å². The van der Waals surface area contributed by atoms with Crippen LogP contribution in [0.3, 0.4) is 0 Å². The van der Waals surface area contributed by atoms with Crippen molar-refractivity contribution in [1.29, 1.82) is 0 Å². The number of aliphatic hydroxyl groups is 2. The molecule has 10 heteroatoms. The van der Waals surface area contributed by atoms with E-state index in [4.69, 9.17) is 0 Å². The molecule has 0 spiro atoms. The summed E-state index contributed by atoms with van der Waals surface area (Å²) in [5, 5.41) is 22.0. The van der Waals surface area contributed by atoms with Gasteiger partial charge in [-0.3, -0.25) is 9.59 Å². The van der Waals surface area contributed by atoms with Crippen molar-refractivity contribution in [2.24, 2.45) is 0 Å².